The van der Waals surface area contributed by atoms with E-state index >= 15 is 0 Å². The third kappa shape index (κ3) is 4.26. The van der Waals surface area contributed by atoms with Gasteiger partial charge in [-0.3, -0.25) is 14.5 Å². The van der Waals surface area contributed by atoms with Crippen LogP contribution < -0.4 is 4.74 Å². The van der Waals surface area contributed by atoms with E-state index in [9.17, 15) is 14.7 Å². The number of imide groups is 1. The zero-order valence-corrected chi connectivity index (χ0v) is 19.4. The molecule has 1 heterocycles. The lowest BCUT2D eigenvalue weighted by atomic mass is 10.1. The number of carbonyl (C=O) groups excluding carboxylic acids is 2. The predicted molar refractivity (Wildman–Crippen MR) is 116 cm³/mol. The van der Waals surface area contributed by atoms with E-state index in [1.165, 1.54) is 12.0 Å². The Hall–Kier alpha value is -1.29. The molecular weight excluding hydrogens is 566 g/mol. The molecule has 0 bridgehead atoms. The van der Waals surface area contributed by atoms with Crippen molar-refractivity contribution in [1.29, 1.82) is 0 Å². The summed E-state index contributed by atoms with van der Waals surface area (Å²) in [6.45, 7) is 0.207. The summed E-state index contributed by atoms with van der Waals surface area (Å²) >= 11 is 10.9. The number of benzene rings is 2. The van der Waals surface area contributed by atoms with Gasteiger partial charge in [0, 0.05) is 8.95 Å². The molecule has 0 unspecified atom stereocenters. The molecule has 1 aliphatic heterocycles. The molecule has 0 radical (unpaired) electrons. The highest BCUT2D eigenvalue weighted by Crippen LogP contribution is 2.43. The predicted octanol–water partition coefficient (Wildman–Crippen LogP) is 5.92. The zero-order chi connectivity index (χ0) is 19.7. The first-order chi connectivity index (χ1) is 12.8. The first-order valence-corrected chi connectivity index (χ1v) is 10.8. The van der Waals surface area contributed by atoms with Gasteiger partial charge in [0.1, 0.15) is 0 Å². The van der Waals surface area contributed by atoms with Crippen LogP contribution in [0.15, 0.2) is 48.7 Å². The number of phenolic OH excluding ortho intramolecular Hbond substituents is 1. The number of phenols is 1. The summed E-state index contributed by atoms with van der Waals surface area (Å²) in [5.41, 5.74) is 1.46. The number of halogens is 3. The molecule has 140 valence electrons. The van der Waals surface area contributed by atoms with Gasteiger partial charge < -0.3 is 9.84 Å². The van der Waals surface area contributed by atoms with Crippen molar-refractivity contribution in [2.24, 2.45) is 0 Å². The molecule has 1 fully saturated rings. The van der Waals surface area contributed by atoms with Crippen LogP contribution in [0, 0.1) is 0 Å². The van der Waals surface area contributed by atoms with Gasteiger partial charge in [-0.1, -0.05) is 28.1 Å². The summed E-state index contributed by atoms with van der Waals surface area (Å²) in [5.74, 6) is -0.154. The minimum atomic E-state index is -0.358. The number of ether oxygens (including phenoxy) is 1. The lowest BCUT2D eigenvalue weighted by molar-refractivity contribution is -0.123. The number of methoxy groups -OCH3 is 1. The van der Waals surface area contributed by atoms with Crippen molar-refractivity contribution < 1.29 is 19.4 Å². The maximum Gasteiger partial charge on any atom is 0.293 e. The van der Waals surface area contributed by atoms with E-state index in [0.29, 0.717) is 19.4 Å². The molecule has 0 saturated carbocycles. The van der Waals surface area contributed by atoms with Crippen molar-refractivity contribution in [3.8, 4) is 11.5 Å². The first kappa shape index (κ1) is 20.4. The quantitative estimate of drug-likeness (QED) is 0.457. The van der Waals surface area contributed by atoms with Crippen molar-refractivity contribution in [3.05, 3.63) is 59.8 Å². The molecule has 0 aliphatic carbocycles. The maximum absolute atomic E-state index is 12.7. The van der Waals surface area contributed by atoms with Gasteiger partial charge in [0.2, 0.25) is 0 Å². The van der Waals surface area contributed by atoms with Crippen LogP contribution in [0.1, 0.15) is 11.1 Å². The van der Waals surface area contributed by atoms with Crippen LogP contribution in [-0.2, 0) is 11.3 Å². The number of nitrogens with zero attached hydrogens (tertiary/aromatic N) is 1. The number of hydrogen-bond donors (Lipinski definition) is 1. The molecule has 2 amide bonds. The Morgan fingerprint density at radius 2 is 1.81 bits per heavy atom. The molecule has 27 heavy (non-hydrogen) atoms. The number of thioether (sulfide) groups is 1. The average molecular weight is 578 g/mol. The highest BCUT2D eigenvalue weighted by molar-refractivity contribution is 9.13. The molecule has 9 heteroatoms. The molecule has 2 aromatic carbocycles. The van der Waals surface area contributed by atoms with Gasteiger partial charge in [-0.05, 0) is 79.0 Å². The molecule has 2 aromatic rings. The summed E-state index contributed by atoms with van der Waals surface area (Å²) in [7, 11) is 1.44. The molecule has 0 aromatic heterocycles. The minimum absolute atomic E-state index is 0.0510. The van der Waals surface area contributed by atoms with Crippen LogP contribution in [0.2, 0.25) is 0 Å². The number of aromatic hydroxyl groups is 1. The third-order valence-electron chi connectivity index (χ3n) is 3.81. The molecule has 1 saturated heterocycles. The molecule has 5 nitrogen and oxygen atoms in total. The van der Waals surface area contributed by atoms with Crippen LogP contribution >= 0.6 is 59.6 Å². The first-order valence-electron chi connectivity index (χ1n) is 7.56. The second-order valence-corrected chi connectivity index (χ2v) is 9.03. The fourth-order valence-corrected chi connectivity index (χ4v) is 4.36. The van der Waals surface area contributed by atoms with Crippen molar-refractivity contribution in [2.45, 2.75) is 6.54 Å². The monoisotopic (exact) mass is 575 g/mol. The van der Waals surface area contributed by atoms with Crippen LogP contribution in [0.4, 0.5) is 4.79 Å². The van der Waals surface area contributed by atoms with Crippen LogP contribution in [0.5, 0.6) is 11.5 Å². The Balaban J connectivity index is 1.90. The van der Waals surface area contributed by atoms with Crippen LogP contribution in [0.3, 0.4) is 0 Å². The highest BCUT2D eigenvalue weighted by Gasteiger charge is 2.35. The summed E-state index contributed by atoms with van der Waals surface area (Å²) in [6.07, 6.45) is 1.60. The topological polar surface area (TPSA) is 66.8 Å². The molecular formula is C18H12Br3NO4S. The van der Waals surface area contributed by atoms with Crippen molar-refractivity contribution in [1.82, 2.24) is 4.90 Å². The summed E-state index contributed by atoms with van der Waals surface area (Å²) < 4.78 is 7.03. The van der Waals surface area contributed by atoms with E-state index in [4.69, 9.17) is 4.74 Å². The number of rotatable bonds is 4. The van der Waals surface area contributed by atoms with Crippen molar-refractivity contribution >= 4 is 76.8 Å². The third-order valence-corrected chi connectivity index (χ3v) is 7.40. The molecule has 3 rings (SSSR count). The Kier molecular flexibility index (Phi) is 6.35. The van der Waals surface area contributed by atoms with Crippen LogP contribution in [-0.4, -0.2) is 28.3 Å². The molecule has 0 atom stereocenters. The van der Waals surface area contributed by atoms with Crippen LogP contribution in [0.25, 0.3) is 6.08 Å². The smallest absolute Gasteiger partial charge is 0.293 e. The Morgan fingerprint density at radius 3 is 2.44 bits per heavy atom. The van der Waals surface area contributed by atoms with Gasteiger partial charge in [0.05, 0.1) is 23.0 Å². The normalized spacial score (nSPS) is 15.7. The lowest BCUT2D eigenvalue weighted by Gasteiger charge is -2.12. The van der Waals surface area contributed by atoms with Gasteiger partial charge in [0.25, 0.3) is 11.1 Å². The maximum atomic E-state index is 12.7. The summed E-state index contributed by atoms with van der Waals surface area (Å²) in [6, 6.07) is 9.03. The molecule has 1 aliphatic rings. The van der Waals surface area contributed by atoms with Gasteiger partial charge >= 0.3 is 0 Å². The van der Waals surface area contributed by atoms with Gasteiger partial charge in [-0.2, -0.15) is 0 Å². The van der Waals surface area contributed by atoms with Gasteiger partial charge in [-0.15, -0.1) is 0 Å². The van der Waals surface area contributed by atoms with E-state index in [2.05, 4.69) is 47.8 Å². The largest absolute Gasteiger partial charge is 0.503 e. The summed E-state index contributed by atoms with van der Waals surface area (Å²) in [4.78, 5) is 26.5. The second kappa shape index (κ2) is 8.38. The SMILES string of the molecule is COc1cc(/C=C2\SC(=O)N(Cc3ccc(Br)cc3)C2=O)c(Br)c(Br)c1O. The molecule has 0 spiro atoms. The lowest BCUT2D eigenvalue weighted by Crippen LogP contribution is -2.27. The fourth-order valence-electron chi connectivity index (χ4n) is 2.42. The number of amides is 2. The van der Waals surface area contributed by atoms with Gasteiger partial charge in [0.15, 0.2) is 11.5 Å². The van der Waals surface area contributed by atoms with Gasteiger partial charge in [-0.25, -0.2) is 0 Å². The Morgan fingerprint density at radius 1 is 1.15 bits per heavy atom. The summed E-state index contributed by atoms with van der Waals surface area (Å²) in [5, 5.41) is 9.70. The highest BCUT2D eigenvalue weighted by atomic mass is 79.9. The number of hydrogen-bond acceptors (Lipinski definition) is 5. The second-order valence-electron chi connectivity index (χ2n) is 5.54. The van der Waals surface area contributed by atoms with E-state index in [1.807, 2.05) is 24.3 Å². The van der Waals surface area contributed by atoms with E-state index < -0.39 is 0 Å². The Labute approximate surface area is 185 Å². The zero-order valence-electron chi connectivity index (χ0n) is 13.8. The van der Waals surface area contributed by atoms with E-state index in [1.54, 1.807) is 12.1 Å². The average Bonchev–Trinajstić information content (AvgIpc) is 2.91. The van der Waals surface area contributed by atoms with Crippen molar-refractivity contribution in [2.75, 3.05) is 7.11 Å². The Bertz CT molecular complexity index is 960. The van der Waals surface area contributed by atoms with E-state index in [0.717, 1.165) is 21.8 Å². The standard InChI is InChI=1S/C18H12Br3NO4S/c1-26-12-6-10(14(20)15(21)16(12)23)7-13-17(24)22(18(25)27-13)8-9-2-4-11(19)5-3-9/h2-7,23H,8H2,1H3/b13-7-. The number of carbonyl (C=O) groups is 2. The minimum Gasteiger partial charge on any atom is -0.503 e. The van der Waals surface area contributed by atoms with Crippen molar-refractivity contribution in [3.63, 3.8) is 0 Å². The van der Waals surface area contributed by atoms with E-state index in [-0.39, 0.29) is 29.2 Å². The fraction of sp³-hybridized carbons (Fsp3) is 0.111. The molecule has 1 N–H and O–H groups in total.